The van der Waals surface area contributed by atoms with Crippen LogP contribution in [0.3, 0.4) is 0 Å². The molecular formula is C119H76N10S. The Kier molecular flexibility index (Phi) is 20.3. The average Bonchev–Trinajstić information content (AvgIpc) is 1.59. The summed E-state index contributed by atoms with van der Waals surface area (Å²) in [6.45, 7) is 0. The van der Waals surface area contributed by atoms with Crippen LogP contribution in [-0.2, 0) is 0 Å². The van der Waals surface area contributed by atoms with E-state index in [0.29, 0.717) is 0 Å². The third-order valence-corrected chi connectivity index (χ3v) is 25.7. The van der Waals surface area contributed by atoms with E-state index in [2.05, 4.69) is 391 Å². The fourth-order valence-electron chi connectivity index (χ4n) is 17.8. The summed E-state index contributed by atoms with van der Waals surface area (Å²) in [4.78, 5) is 42.9. The van der Waals surface area contributed by atoms with Crippen LogP contribution in [0, 0.1) is 0 Å². The number of pyridine rings is 6. The number of hydrogen-bond acceptors (Lipinski definition) is 10. The second-order valence-corrected chi connectivity index (χ2v) is 33.5. The molecular weight excluding hydrogens is 1600 g/mol. The van der Waals surface area contributed by atoms with Gasteiger partial charge in [0.25, 0.3) is 0 Å². The molecule has 0 atom stereocenters. The summed E-state index contributed by atoms with van der Waals surface area (Å²) in [6.07, 6.45) is 13.1. The standard InChI is InChI=1S/C41H25N3S.C40H26N4.C38H25N3/c1-2-9-27(10-3-1)38-40-39(35-15-6-7-16-37(35)45-40)44-41(43-38)28-19-17-26(18-20-28)29-12-8-13-30(23-29)31-21-22-34-33-14-5-4-11-32(33)25-42-36(34)24-31;1-2-7-36-34(4-1)26-43-40-23-33(12-13-37(36)40)32-6-3-5-31(22-32)27-8-10-28(11-9-27)35-24-38(29-14-18-41-19-15-29)44-39(25-35)30-16-20-42-21-17-30;1-2-12-32(13-3-1)41-37-16-7-6-15-35(37)40-38(41)27-19-17-26(18-20-27)28-10-8-11-29(23-28)30-21-22-34-33-14-5-4-9-31(33)25-39-36(34)24-30/h1-25H;1-26H;1-25H. The first-order valence-corrected chi connectivity index (χ1v) is 44.3. The summed E-state index contributed by atoms with van der Waals surface area (Å²) in [5, 5.41) is 11.9. The van der Waals surface area contributed by atoms with E-state index in [1.807, 2.05) is 61.1 Å². The van der Waals surface area contributed by atoms with E-state index in [4.69, 9.17) is 34.9 Å². The van der Waals surface area contributed by atoms with Crippen molar-refractivity contribution in [2.75, 3.05) is 0 Å². The summed E-state index contributed by atoms with van der Waals surface area (Å²) in [5.74, 6) is 1.68. The van der Waals surface area contributed by atoms with Crippen LogP contribution in [0.1, 0.15) is 0 Å². The zero-order valence-corrected chi connectivity index (χ0v) is 71.1. The molecule has 25 rings (SSSR count). The van der Waals surface area contributed by atoms with Crippen LogP contribution in [0.25, 0.3) is 236 Å². The monoisotopic (exact) mass is 1680 g/mol. The first kappa shape index (κ1) is 77.5. The highest BCUT2D eigenvalue weighted by molar-refractivity contribution is 7.26. The van der Waals surface area contributed by atoms with Gasteiger partial charge in [0, 0.05) is 119 Å². The molecule has 25 aromatic rings. The van der Waals surface area contributed by atoms with Gasteiger partial charge >= 0.3 is 0 Å². The molecule has 608 valence electrons. The van der Waals surface area contributed by atoms with Gasteiger partial charge in [0.05, 0.1) is 54.9 Å². The van der Waals surface area contributed by atoms with Gasteiger partial charge in [-0.15, -0.1) is 11.3 Å². The van der Waals surface area contributed by atoms with Gasteiger partial charge in [0.15, 0.2) is 5.82 Å². The van der Waals surface area contributed by atoms with Gasteiger partial charge in [-0.2, -0.15) is 0 Å². The third-order valence-electron chi connectivity index (χ3n) is 24.5. The van der Waals surface area contributed by atoms with Crippen LogP contribution in [-0.4, -0.2) is 49.4 Å². The average molecular weight is 1680 g/mol. The highest BCUT2D eigenvalue weighted by atomic mass is 32.1. The van der Waals surface area contributed by atoms with Crippen molar-refractivity contribution in [2.24, 2.45) is 0 Å². The van der Waals surface area contributed by atoms with Crippen LogP contribution in [0.4, 0.5) is 0 Å². The molecule has 0 spiro atoms. The lowest BCUT2D eigenvalue weighted by Crippen LogP contribution is -1.97. The van der Waals surface area contributed by atoms with Gasteiger partial charge < -0.3 is 0 Å². The lowest BCUT2D eigenvalue weighted by Gasteiger charge is -2.11. The van der Waals surface area contributed by atoms with Crippen molar-refractivity contribution in [1.29, 1.82) is 0 Å². The van der Waals surface area contributed by atoms with Crippen LogP contribution in [0.2, 0.25) is 0 Å². The summed E-state index contributed by atoms with van der Waals surface area (Å²) in [6, 6.07) is 147. The molecule has 0 saturated carbocycles. The minimum absolute atomic E-state index is 0.737. The summed E-state index contributed by atoms with van der Waals surface area (Å²) >= 11 is 1.76. The highest BCUT2D eigenvalue weighted by Gasteiger charge is 2.21. The first-order chi connectivity index (χ1) is 64.4. The molecule has 0 amide bonds. The van der Waals surface area contributed by atoms with Crippen LogP contribution >= 0.6 is 11.3 Å². The van der Waals surface area contributed by atoms with E-state index >= 15 is 0 Å². The molecule has 0 aliphatic heterocycles. The molecule has 0 saturated heterocycles. The zero-order valence-electron chi connectivity index (χ0n) is 70.3. The molecule has 130 heavy (non-hydrogen) atoms. The second-order valence-electron chi connectivity index (χ2n) is 32.4. The van der Waals surface area contributed by atoms with E-state index in [0.717, 1.165) is 155 Å². The van der Waals surface area contributed by atoms with Crippen molar-refractivity contribution >= 4 is 108 Å². The van der Waals surface area contributed by atoms with Crippen molar-refractivity contribution in [1.82, 2.24) is 49.4 Å². The Morgan fingerprint density at radius 3 is 1.06 bits per heavy atom. The van der Waals surface area contributed by atoms with E-state index in [1.165, 1.54) is 81.3 Å². The number of nitrogens with zero attached hydrogens (tertiary/aromatic N) is 10. The molecule has 0 aliphatic carbocycles. The molecule has 0 radical (unpaired) electrons. The predicted molar refractivity (Wildman–Crippen MR) is 539 cm³/mol. The number of imidazole rings is 1. The lowest BCUT2D eigenvalue weighted by atomic mass is 9.95. The number of aromatic nitrogens is 10. The molecule has 10 nitrogen and oxygen atoms in total. The number of hydrogen-bond donors (Lipinski definition) is 0. The smallest absolute Gasteiger partial charge is 0.160 e. The van der Waals surface area contributed by atoms with E-state index < -0.39 is 0 Å². The van der Waals surface area contributed by atoms with Gasteiger partial charge in [0.1, 0.15) is 5.82 Å². The fraction of sp³-hybridized carbons (Fsp3) is 0. The van der Waals surface area contributed by atoms with Crippen molar-refractivity contribution in [3.63, 3.8) is 0 Å². The van der Waals surface area contributed by atoms with Gasteiger partial charge in [-0.25, -0.2) is 19.9 Å². The number of benzene rings is 16. The Bertz CT molecular complexity index is 8530. The topological polar surface area (TPSA) is 121 Å². The Morgan fingerprint density at radius 1 is 0.215 bits per heavy atom. The Balaban J connectivity index is 0.000000111. The molecule has 9 heterocycles. The van der Waals surface area contributed by atoms with Crippen molar-refractivity contribution in [2.45, 2.75) is 0 Å². The Hall–Kier alpha value is -17.3. The van der Waals surface area contributed by atoms with Crippen molar-refractivity contribution in [3.05, 3.63) is 462 Å². The molecule has 0 bridgehead atoms. The molecule has 11 heteroatoms. The fourth-order valence-corrected chi connectivity index (χ4v) is 19.0. The van der Waals surface area contributed by atoms with Gasteiger partial charge in [-0.3, -0.25) is 29.5 Å². The minimum atomic E-state index is 0.737. The summed E-state index contributed by atoms with van der Waals surface area (Å²) in [5.41, 5.74) is 31.5. The maximum absolute atomic E-state index is 5.13. The molecule has 0 N–H and O–H groups in total. The van der Waals surface area contributed by atoms with Crippen LogP contribution < -0.4 is 0 Å². The number of rotatable bonds is 13. The Morgan fingerprint density at radius 2 is 0.585 bits per heavy atom. The minimum Gasteiger partial charge on any atom is -0.292 e. The quantitative estimate of drug-likeness (QED) is 0.104. The van der Waals surface area contributed by atoms with Crippen molar-refractivity contribution in [3.8, 4) is 140 Å². The first-order valence-electron chi connectivity index (χ1n) is 43.5. The number of thiophene rings is 1. The number of fused-ring (bicyclic) bond motifs is 13. The van der Waals surface area contributed by atoms with E-state index in [1.54, 1.807) is 36.1 Å². The Labute approximate surface area is 753 Å². The largest absolute Gasteiger partial charge is 0.292 e. The molecule has 9 aromatic heterocycles. The SMILES string of the molecule is c1cc(-c2ccc(-c3cc(-c4ccncc4)nc(-c4ccncc4)c3)cc2)cc(-c2ccc3c(c2)ncc2ccccc23)c1.c1ccc(-c2nc(-c3ccc(-c4cccc(-c5ccc6c(c5)ncc5ccccc56)c4)cc3)nc3c2sc2ccccc23)cc1.c1ccc(-n2c(-c3ccc(-c4cccc(-c5ccc6c(c5)ncc5ccccc56)c4)cc3)nc3ccccc32)cc1. The highest BCUT2D eigenvalue weighted by Crippen LogP contribution is 2.43. The van der Waals surface area contributed by atoms with E-state index in [-0.39, 0.29) is 0 Å². The summed E-state index contributed by atoms with van der Waals surface area (Å²) in [7, 11) is 0. The maximum atomic E-state index is 5.13. The third kappa shape index (κ3) is 15.3. The maximum Gasteiger partial charge on any atom is 0.160 e. The second kappa shape index (κ2) is 34.0. The van der Waals surface area contributed by atoms with Crippen molar-refractivity contribution < 1.29 is 0 Å². The normalized spacial score (nSPS) is 11.4. The van der Waals surface area contributed by atoms with E-state index in [9.17, 15) is 0 Å². The zero-order chi connectivity index (χ0) is 86.2. The van der Waals surface area contributed by atoms with Gasteiger partial charge in [-0.05, 0) is 197 Å². The lowest BCUT2D eigenvalue weighted by molar-refractivity contribution is 1.10. The molecule has 0 fully saturated rings. The molecule has 0 unspecified atom stereocenters. The van der Waals surface area contributed by atoms with Gasteiger partial charge in [-0.1, -0.05) is 315 Å². The van der Waals surface area contributed by atoms with Gasteiger partial charge in [0.2, 0.25) is 0 Å². The van der Waals surface area contributed by atoms with Crippen LogP contribution in [0.5, 0.6) is 0 Å². The molecule has 0 aliphatic rings. The van der Waals surface area contributed by atoms with Crippen LogP contribution in [0.15, 0.2) is 462 Å². The number of para-hydroxylation sites is 3. The predicted octanol–water partition coefficient (Wildman–Crippen LogP) is 30.8. The summed E-state index contributed by atoms with van der Waals surface area (Å²) < 4.78 is 4.58. The molecule has 16 aromatic carbocycles.